The van der Waals surface area contributed by atoms with E-state index in [-0.39, 0.29) is 24.5 Å². The first-order valence-electron chi connectivity index (χ1n) is 7.54. The maximum atomic E-state index is 11.8. The molecule has 4 nitrogen and oxygen atoms in total. The molecule has 0 radical (unpaired) electrons. The van der Waals surface area contributed by atoms with E-state index in [2.05, 4.69) is 20.4 Å². The average molecular weight is 283 g/mol. The topological polar surface area (TPSA) is 46.6 Å². The number of nitrogens with zero attached hydrogens (tertiary/aromatic N) is 1. The Morgan fingerprint density at radius 1 is 1.30 bits per heavy atom. The fourth-order valence-corrected chi connectivity index (χ4v) is 1.93. The van der Waals surface area contributed by atoms with Gasteiger partial charge in [0.1, 0.15) is 6.54 Å². The zero-order valence-electron chi connectivity index (χ0n) is 13.4. The van der Waals surface area contributed by atoms with Crippen molar-refractivity contribution in [2.75, 3.05) is 13.2 Å². The second-order valence-corrected chi connectivity index (χ2v) is 5.36. The van der Waals surface area contributed by atoms with Crippen LogP contribution in [0.4, 0.5) is 0 Å². The molecule has 4 heteroatoms. The number of unbranched alkanes of at least 4 members (excludes halogenated alkanes) is 1. The van der Waals surface area contributed by atoms with Crippen LogP contribution in [0.25, 0.3) is 0 Å². The van der Waals surface area contributed by atoms with Gasteiger partial charge in [0, 0.05) is 6.04 Å². The van der Waals surface area contributed by atoms with Gasteiger partial charge in [-0.25, -0.2) is 0 Å². The molecule has 1 atom stereocenters. The molecule has 0 fully saturated rings. The summed E-state index contributed by atoms with van der Waals surface area (Å²) in [7, 11) is 0. The number of carbonyl (C=O) groups is 2. The van der Waals surface area contributed by atoms with Crippen LogP contribution in [0.1, 0.15) is 53.4 Å². The number of rotatable bonds is 10. The Kier molecular flexibility index (Phi) is 9.77. The molecule has 0 bridgehead atoms. The summed E-state index contributed by atoms with van der Waals surface area (Å²) in [6.45, 7) is 11.9. The summed E-state index contributed by atoms with van der Waals surface area (Å²) in [6, 6.07) is -0.0462. The zero-order valence-corrected chi connectivity index (χ0v) is 13.4. The number of carbonyl (C=O) groups excluding carboxylic acids is 2. The van der Waals surface area contributed by atoms with Gasteiger partial charge in [-0.05, 0) is 32.3 Å². The second kappa shape index (κ2) is 10.5. The van der Waals surface area contributed by atoms with Gasteiger partial charge in [0.15, 0.2) is 0 Å². The van der Waals surface area contributed by atoms with Gasteiger partial charge in [-0.3, -0.25) is 9.59 Å². The molecule has 1 amide bonds. The van der Waals surface area contributed by atoms with Gasteiger partial charge in [-0.1, -0.05) is 39.7 Å². The molecule has 0 aromatic carbocycles. The van der Waals surface area contributed by atoms with Crippen LogP contribution in [0, 0.1) is 5.92 Å². The average Bonchev–Trinajstić information content (AvgIpc) is 2.43. The van der Waals surface area contributed by atoms with E-state index in [9.17, 15) is 9.59 Å². The highest BCUT2D eigenvalue weighted by atomic mass is 16.5. The van der Waals surface area contributed by atoms with Crippen LogP contribution in [-0.2, 0) is 14.3 Å². The molecule has 0 saturated heterocycles. The summed E-state index contributed by atoms with van der Waals surface area (Å²) in [4.78, 5) is 24.9. The van der Waals surface area contributed by atoms with E-state index in [1.165, 1.54) is 11.0 Å². The van der Waals surface area contributed by atoms with Gasteiger partial charge in [0.2, 0.25) is 5.91 Å². The Bertz CT molecular complexity index is 313. The van der Waals surface area contributed by atoms with Crippen molar-refractivity contribution in [3.63, 3.8) is 0 Å². The summed E-state index contributed by atoms with van der Waals surface area (Å²) in [5.41, 5.74) is 0. The quantitative estimate of drug-likeness (QED) is 0.457. The maximum Gasteiger partial charge on any atom is 0.325 e. The minimum absolute atomic E-state index is 0.00721. The summed E-state index contributed by atoms with van der Waals surface area (Å²) in [5.74, 6) is -0.166. The van der Waals surface area contributed by atoms with Crippen LogP contribution in [-0.4, -0.2) is 36.0 Å². The Morgan fingerprint density at radius 2 is 1.95 bits per heavy atom. The molecule has 0 aromatic rings. The predicted molar refractivity (Wildman–Crippen MR) is 81.3 cm³/mol. The summed E-state index contributed by atoms with van der Waals surface area (Å²) >= 11 is 0. The first kappa shape index (κ1) is 18.7. The first-order valence-corrected chi connectivity index (χ1v) is 7.54. The molecule has 0 spiro atoms. The lowest BCUT2D eigenvalue weighted by atomic mass is 10.0. The van der Waals surface area contributed by atoms with Crippen LogP contribution >= 0.6 is 0 Å². The summed E-state index contributed by atoms with van der Waals surface area (Å²) in [5, 5.41) is 0. The Hall–Kier alpha value is -1.32. The van der Waals surface area contributed by atoms with E-state index in [4.69, 9.17) is 4.74 Å². The van der Waals surface area contributed by atoms with Crippen molar-refractivity contribution in [2.24, 2.45) is 5.92 Å². The van der Waals surface area contributed by atoms with Gasteiger partial charge in [-0.2, -0.15) is 0 Å². The molecule has 20 heavy (non-hydrogen) atoms. The van der Waals surface area contributed by atoms with E-state index >= 15 is 0 Å². The molecule has 0 N–H and O–H groups in total. The highest BCUT2D eigenvalue weighted by Gasteiger charge is 2.19. The van der Waals surface area contributed by atoms with Gasteiger partial charge in [0.05, 0.1) is 6.61 Å². The number of ether oxygens (including phenoxy) is 1. The van der Waals surface area contributed by atoms with Crippen molar-refractivity contribution in [1.82, 2.24) is 4.90 Å². The van der Waals surface area contributed by atoms with Crippen LogP contribution < -0.4 is 0 Å². The van der Waals surface area contributed by atoms with Gasteiger partial charge in [-0.15, -0.1) is 0 Å². The van der Waals surface area contributed by atoms with Crippen LogP contribution in [0.2, 0.25) is 0 Å². The van der Waals surface area contributed by atoms with Crippen molar-refractivity contribution in [1.29, 1.82) is 0 Å². The summed E-state index contributed by atoms with van der Waals surface area (Å²) < 4.78 is 5.30. The fraction of sp³-hybridized carbons (Fsp3) is 0.750. The number of amides is 1. The molecule has 0 rings (SSSR count). The van der Waals surface area contributed by atoms with Crippen LogP contribution in [0.3, 0.4) is 0 Å². The lowest BCUT2D eigenvalue weighted by Gasteiger charge is -2.24. The molecular weight excluding hydrogens is 254 g/mol. The van der Waals surface area contributed by atoms with Crippen molar-refractivity contribution in [3.05, 3.63) is 12.7 Å². The molecule has 1 unspecified atom stereocenters. The lowest BCUT2D eigenvalue weighted by molar-refractivity contribution is -0.150. The first-order chi connectivity index (χ1) is 9.46. The molecule has 0 aromatic heterocycles. The zero-order chi connectivity index (χ0) is 15.5. The monoisotopic (exact) mass is 283 g/mol. The van der Waals surface area contributed by atoms with Gasteiger partial charge >= 0.3 is 5.97 Å². The SMILES string of the molecule is C=CC(=O)N(CC(=O)OCC(CC)CCCC)C(C)C. The van der Waals surface area contributed by atoms with E-state index < -0.39 is 0 Å². The Morgan fingerprint density at radius 3 is 2.40 bits per heavy atom. The van der Waals surface area contributed by atoms with E-state index in [0.29, 0.717) is 12.5 Å². The fourth-order valence-electron chi connectivity index (χ4n) is 1.93. The van der Waals surface area contributed by atoms with Crippen LogP contribution in [0.15, 0.2) is 12.7 Å². The highest BCUT2D eigenvalue weighted by molar-refractivity contribution is 5.90. The molecule has 0 aliphatic heterocycles. The Balaban J connectivity index is 4.25. The van der Waals surface area contributed by atoms with E-state index in [1.807, 2.05) is 13.8 Å². The van der Waals surface area contributed by atoms with Crippen LogP contribution in [0.5, 0.6) is 0 Å². The Labute approximate surface area is 123 Å². The number of esters is 1. The van der Waals surface area contributed by atoms with Gasteiger partial charge < -0.3 is 9.64 Å². The normalized spacial score (nSPS) is 12.1. The molecule has 116 valence electrons. The minimum atomic E-state index is -0.344. The third-order valence-corrected chi connectivity index (χ3v) is 3.40. The standard InChI is InChI=1S/C16H29NO3/c1-6-9-10-14(7-2)12-20-16(19)11-17(13(4)5)15(18)8-3/h8,13-14H,3,6-7,9-12H2,1-2,4-5H3. The molecule has 0 aliphatic rings. The van der Waals surface area contributed by atoms with E-state index in [0.717, 1.165) is 25.7 Å². The van der Waals surface area contributed by atoms with Gasteiger partial charge in [0.25, 0.3) is 0 Å². The molecule has 0 saturated carbocycles. The lowest BCUT2D eigenvalue weighted by Crippen LogP contribution is -2.40. The van der Waals surface area contributed by atoms with Crippen molar-refractivity contribution in [2.45, 2.75) is 59.4 Å². The molecule has 0 heterocycles. The third kappa shape index (κ3) is 7.31. The maximum absolute atomic E-state index is 11.8. The number of hydrogen-bond donors (Lipinski definition) is 0. The number of hydrogen-bond acceptors (Lipinski definition) is 3. The predicted octanol–water partition coefficient (Wildman–Crippen LogP) is 3.17. The minimum Gasteiger partial charge on any atom is -0.464 e. The summed E-state index contributed by atoms with van der Waals surface area (Å²) in [6.07, 6.45) is 5.62. The van der Waals surface area contributed by atoms with E-state index in [1.54, 1.807) is 0 Å². The smallest absolute Gasteiger partial charge is 0.325 e. The third-order valence-electron chi connectivity index (χ3n) is 3.40. The second-order valence-electron chi connectivity index (χ2n) is 5.36. The highest BCUT2D eigenvalue weighted by Crippen LogP contribution is 2.13. The van der Waals surface area contributed by atoms with Crippen molar-refractivity contribution < 1.29 is 14.3 Å². The van der Waals surface area contributed by atoms with Crippen molar-refractivity contribution >= 4 is 11.9 Å². The molecular formula is C16H29NO3. The molecule has 0 aliphatic carbocycles. The largest absolute Gasteiger partial charge is 0.464 e. The van der Waals surface area contributed by atoms with Crippen molar-refractivity contribution in [3.8, 4) is 0 Å².